The quantitative estimate of drug-likeness (QED) is 0.698. The summed E-state index contributed by atoms with van der Waals surface area (Å²) in [6, 6.07) is 3.51. The third-order valence-electron chi connectivity index (χ3n) is 1.32. The molecule has 0 aliphatic rings. The van der Waals surface area contributed by atoms with Crippen LogP contribution in [-0.2, 0) is 0 Å². The fourth-order valence-electron chi connectivity index (χ4n) is 0.767. The third-order valence-corrected chi connectivity index (χ3v) is 2.50. The molecule has 0 saturated heterocycles. The minimum absolute atomic E-state index is 0.427. The fraction of sp³-hybridized carbons (Fsp3) is 0.111. The van der Waals surface area contributed by atoms with Gasteiger partial charge >= 0.3 is 0 Å². The Bertz CT molecular complexity index is 312. The Hall–Kier alpha value is -0.540. The molecular formula is C9H7ClF2S. The summed E-state index contributed by atoms with van der Waals surface area (Å²) in [7, 11) is 0. The van der Waals surface area contributed by atoms with Crippen LogP contribution in [-0.4, -0.2) is 5.75 Å². The first-order chi connectivity index (χ1) is 6.24. The highest BCUT2D eigenvalue weighted by molar-refractivity contribution is 7.99. The molecule has 0 nitrogen and oxygen atoms in total. The van der Waals surface area contributed by atoms with Crippen molar-refractivity contribution >= 4 is 23.4 Å². The Morgan fingerprint density at radius 1 is 1.38 bits per heavy atom. The van der Waals surface area contributed by atoms with E-state index >= 15 is 0 Å². The van der Waals surface area contributed by atoms with Gasteiger partial charge in [0.1, 0.15) is 11.6 Å². The van der Waals surface area contributed by atoms with E-state index in [9.17, 15) is 8.78 Å². The number of rotatable bonds is 3. The maximum Gasteiger partial charge on any atom is 0.139 e. The fourth-order valence-corrected chi connectivity index (χ4v) is 1.69. The minimum Gasteiger partial charge on any atom is -0.207 e. The van der Waals surface area contributed by atoms with Crippen LogP contribution in [0.3, 0.4) is 0 Å². The molecule has 0 aliphatic heterocycles. The van der Waals surface area contributed by atoms with Crippen LogP contribution in [0.25, 0.3) is 0 Å². The third kappa shape index (κ3) is 3.36. The molecule has 4 heteroatoms. The molecule has 0 spiro atoms. The van der Waals surface area contributed by atoms with Gasteiger partial charge in [-0.05, 0) is 12.1 Å². The van der Waals surface area contributed by atoms with E-state index < -0.39 is 11.6 Å². The van der Waals surface area contributed by atoms with E-state index in [-0.39, 0.29) is 0 Å². The maximum absolute atomic E-state index is 13.0. The molecule has 0 fully saturated rings. The zero-order chi connectivity index (χ0) is 9.68. The van der Waals surface area contributed by atoms with Crippen LogP contribution in [0.15, 0.2) is 34.7 Å². The lowest BCUT2D eigenvalue weighted by atomic mass is 10.3. The van der Waals surface area contributed by atoms with Crippen molar-refractivity contribution in [2.45, 2.75) is 4.90 Å². The second kappa shape index (κ2) is 5.25. The molecule has 13 heavy (non-hydrogen) atoms. The van der Waals surface area contributed by atoms with Crippen LogP contribution in [0.1, 0.15) is 0 Å². The summed E-state index contributed by atoms with van der Waals surface area (Å²) >= 11 is 6.55. The Balaban J connectivity index is 2.66. The number of benzene rings is 1. The van der Waals surface area contributed by atoms with Crippen LogP contribution in [0.5, 0.6) is 0 Å². The average Bonchev–Trinajstić information content (AvgIpc) is 2.09. The van der Waals surface area contributed by atoms with Gasteiger partial charge in [-0.2, -0.15) is 0 Å². The van der Waals surface area contributed by atoms with Crippen molar-refractivity contribution in [1.82, 2.24) is 0 Å². The van der Waals surface area contributed by atoms with Gasteiger partial charge in [0.25, 0.3) is 0 Å². The van der Waals surface area contributed by atoms with Gasteiger partial charge in [-0.15, -0.1) is 11.8 Å². The van der Waals surface area contributed by atoms with Crippen LogP contribution >= 0.6 is 23.4 Å². The van der Waals surface area contributed by atoms with Gasteiger partial charge in [-0.3, -0.25) is 0 Å². The van der Waals surface area contributed by atoms with Crippen molar-refractivity contribution in [3.8, 4) is 0 Å². The maximum atomic E-state index is 13.0. The van der Waals surface area contributed by atoms with Crippen LogP contribution in [0.2, 0.25) is 0 Å². The average molecular weight is 221 g/mol. The molecule has 0 bridgehead atoms. The molecule has 0 N–H and O–H groups in total. The predicted octanol–water partition coefficient (Wildman–Crippen LogP) is 3.81. The first-order valence-corrected chi connectivity index (χ1v) is 4.99. The molecule has 0 unspecified atom stereocenters. The lowest BCUT2D eigenvalue weighted by Gasteiger charge is -1.99. The molecule has 1 aromatic carbocycles. The van der Waals surface area contributed by atoms with Gasteiger partial charge in [-0.1, -0.05) is 17.7 Å². The largest absolute Gasteiger partial charge is 0.207 e. The molecule has 70 valence electrons. The van der Waals surface area contributed by atoms with Crippen LogP contribution in [0.4, 0.5) is 8.78 Å². The highest BCUT2D eigenvalue weighted by Crippen LogP contribution is 2.22. The highest BCUT2D eigenvalue weighted by Gasteiger charge is 2.02. The SMILES string of the molecule is Fc1ccc(SC/C=C/Cl)c(F)c1. The van der Waals surface area contributed by atoms with Gasteiger partial charge < -0.3 is 0 Å². The zero-order valence-corrected chi connectivity index (χ0v) is 8.21. The molecule has 0 amide bonds. The summed E-state index contributed by atoms with van der Waals surface area (Å²) in [5, 5.41) is 0. The minimum atomic E-state index is -0.560. The summed E-state index contributed by atoms with van der Waals surface area (Å²) in [4.78, 5) is 0.427. The monoisotopic (exact) mass is 220 g/mol. The second-order valence-electron chi connectivity index (χ2n) is 2.25. The van der Waals surface area contributed by atoms with Crippen molar-refractivity contribution in [3.05, 3.63) is 41.4 Å². The molecular weight excluding hydrogens is 214 g/mol. The van der Waals surface area contributed by atoms with Gasteiger partial charge in [0, 0.05) is 22.2 Å². The summed E-state index contributed by atoms with van der Waals surface area (Å²) in [5.74, 6) is -0.519. The lowest BCUT2D eigenvalue weighted by molar-refractivity contribution is 0.566. The molecule has 0 heterocycles. The second-order valence-corrected chi connectivity index (χ2v) is 3.56. The van der Waals surface area contributed by atoms with Gasteiger partial charge in [-0.25, -0.2) is 8.78 Å². The summed E-state index contributed by atoms with van der Waals surface area (Å²) < 4.78 is 25.4. The Labute approximate surface area is 84.6 Å². The van der Waals surface area contributed by atoms with Crippen LogP contribution in [0, 0.1) is 11.6 Å². The van der Waals surface area contributed by atoms with E-state index in [1.165, 1.54) is 29.4 Å². The highest BCUT2D eigenvalue weighted by atomic mass is 35.5. The number of hydrogen-bond donors (Lipinski definition) is 0. The van der Waals surface area contributed by atoms with Crippen LogP contribution < -0.4 is 0 Å². The van der Waals surface area contributed by atoms with E-state index in [4.69, 9.17) is 11.6 Å². The van der Waals surface area contributed by atoms with Crippen molar-refractivity contribution in [2.75, 3.05) is 5.75 Å². The van der Waals surface area contributed by atoms with E-state index in [0.29, 0.717) is 10.6 Å². The molecule has 0 atom stereocenters. The standard InChI is InChI=1S/C9H7ClF2S/c10-4-1-5-13-9-3-2-7(11)6-8(9)12/h1-4,6H,5H2/b4-1+. The zero-order valence-electron chi connectivity index (χ0n) is 6.64. The number of thioether (sulfide) groups is 1. The normalized spacial score (nSPS) is 11.0. The molecule has 0 radical (unpaired) electrons. The van der Waals surface area contributed by atoms with E-state index in [2.05, 4.69) is 0 Å². The van der Waals surface area contributed by atoms with Crippen molar-refractivity contribution < 1.29 is 8.78 Å². The van der Waals surface area contributed by atoms with E-state index in [0.717, 1.165) is 6.07 Å². The molecule has 1 rings (SSSR count). The molecule has 0 aromatic heterocycles. The smallest absolute Gasteiger partial charge is 0.139 e. The number of halogens is 3. The van der Waals surface area contributed by atoms with Gasteiger partial charge in [0.15, 0.2) is 0 Å². The number of hydrogen-bond acceptors (Lipinski definition) is 1. The Morgan fingerprint density at radius 2 is 2.15 bits per heavy atom. The van der Waals surface area contributed by atoms with Crippen molar-refractivity contribution in [2.24, 2.45) is 0 Å². The first-order valence-electron chi connectivity index (χ1n) is 3.57. The van der Waals surface area contributed by atoms with Gasteiger partial charge in [0.05, 0.1) is 0 Å². The topological polar surface area (TPSA) is 0 Å². The lowest BCUT2D eigenvalue weighted by Crippen LogP contribution is -1.83. The molecule has 1 aromatic rings. The van der Waals surface area contributed by atoms with Crippen molar-refractivity contribution in [3.63, 3.8) is 0 Å². The van der Waals surface area contributed by atoms with Crippen molar-refractivity contribution in [1.29, 1.82) is 0 Å². The Kier molecular flexibility index (Phi) is 4.25. The molecule has 0 aliphatic carbocycles. The molecule has 0 saturated carbocycles. The summed E-state index contributed by atoms with van der Waals surface area (Å²) in [6.45, 7) is 0. The van der Waals surface area contributed by atoms with E-state index in [1.807, 2.05) is 0 Å². The van der Waals surface area contributed by atoms with Gasteiger partial charge in [0.2, 0.25) is 0 Å². The first kappa shape index (κ1) is 10.5. The predicted molar refractivity (Wildman–Crippen MR) is 52.1 cm³/mol. The Morgan fingerprint density at radius 3 is 2.77 bits per heavy atom. The van der Waals surface area contributed by atoms with E-state index in [1.54, 1.807) is 6.08 Å². The summed E-state index contributed by atoms with van der Waals surface area (Å²) in [5.41, 5.74) is 1.37. The summed E-state index contributed by atoms with van der Waals surface area (Å²) in [6.07, 6.45) is 1.69.